The second kappa shape index (κ2) is 4.73. The summed E-state index contributed by atoms with van der Waals surface area (Å²) in [6.07, 6.45) is 6.16. The Kier molecular flexibility index (Phi) is 3.87. The topological polar surface area (TPSA) is 23.5 Å². The minimum absolute atomic E-state index is 0.358. The van der Waals surface area contributed by atoms with Gasteiger partial charge in [0.1, 0.15) is 0 Å². The van der Waals surface area contributed by atoms with E-state index < -0.39 is 0 Å². The van der Waals surface area contributed by atoms with Gasteiger partial charge in [-0.1, -0.05) is 0 Å². The molecule has 2 heteroatoms. The van der Waals surface area contributed by atoms with Crippen LogP contribution in [-0.2, 0) is 0 Å². The lowest BCUT2D eigenvalue weighted by Crippen LogP contribution is -2.24. The van der Waals surface area contributed by atoms with Crippen molar-refractivity contribution in [3.63, 3.8) is 0 Å². The van der Waals surface area contributed by atoms with Crippen molar-refractivity contribution in [2.75, 3.05) is 20.2 Å². The van der Waals surface area contributed by atoms with Crippen molar-refractivity contribution in [1.29, 1.82) is 0 Å². The first-order chi connectivity index (χ1) is 5.34. The Morgan fingerprint density at radius 1 is 1.45 bits per heavy atom. The highest BCUT2D eigenvalue weighted by molar-refractivity contribution is 4.75. The maximum Gasteiger partial charge on any atom is 0.0431 e. The highest BCUT2D eigenvalue weighted by Gasteiger charge is 2.19. The van der Waals surface area contributed by atoms with Gasteiger partial charge in [-0.3, -0.25) is 0 Å². The largest absolute Gasteiger partial charge is 0.396 e. The van der Waals surface area contributed by atoms with Gasteiger partial charge in [-0.05, 0) is 45.7 Å². The molecule has 1 N–H and O–H groups in total. The zero-order valence-electron chi connectivity index (χ0n) is 7.42. The van der Waals surface area contributed by atoms with E-state index in [1.165, 1.54) is 32.2 Å². The highest BCUT2D eigenvalue weighted by Crippen LogP contribution is 2.19. The average Bonchev–Trinajstić information content (AvgIpc) is 2.37. The molecule has 1 heterocycles. The second-order valence-electron chi connectivity index (χ2n) is 3.50. The van der Waals surface area contributed by atoms with Crippen molar-refractivity contribution in [1.82, 2.24) is 4.90 Å². The van der Waals surface area contributed by atoms with Crippen LogP contribution in [0.4, 0.5) is 0 Å². The van der Waals surface area contributed by atoms with E-state index in [2.05, 4.69) is 11.9 Å². The van der Waals surface area contributed by atoms with E-state index in [9.17, 15) is 0 Å². The first-order valence-electron chi connectivity index (χ1n) is 4.65. The molecule has 1 saturated heterocycles. The van der Waals surface area contributed by atoms with Gasteiger partial charge in [-0.2, -0.15) is 0 Å². The Hall–Kier alpha value is -0.0800. The number of unbranched alkanes of at least 4 members (excludes halogenated alkanes) is 1. The number of hydrogen-bond donors (Lipinski definition) is 1. The lowest BCUT2D eigenvalue weighted by molar-refractivity contribution is 0.258. The SMILES string of the molecule is CN1CCCC1CCCCO. The normalized spacial score (nSPS) is 26.2. The molecule has 1 unspecified atom stereocenters. The molecule has 1 aliphatic heterocycles. The summed E-state index contributed by atoms with van der Waals surface area (Å²) in [5.41, 5.74) is 0. The van der Waals surface area contributed by atoms with Gasteiger partial charge in [-0.25, -0.2) is 0 Å². The van der Waals surface area contributed by atoms with Gasteiger partial charge in [0.2, 0.25) is 0 Å². The summed E-state index contributed by atoms with van der Waals surface area (Å²) < 4.78 is 0. The van der Waals surface area contributed by atoms with Crippen LogP contribution >= 0.6 is 0 Å². The van der Waals surface area contributed by atoms with Crippen LogP contribution in [0, 0.1) is 0 Å². The van der Waals surface area contributed by atoms with E-state index in [-0.39, 0.29) is 0 Å². The van der Waals surface area contributed by atoms with E-state index in [1.807, 2.05) is 0 Å². The van der Waals surface area contributed by atoms with Crippen molar-refractivity contribution in [2.45, 2.75) is 38.1 Å². The van der Waals surface area contributed by atoms with Crippen LogP contribution in [0.2, 0.25) is 0 Å². The maximum absolute atomic E-state index is 8.59. The minimum Gasteiger partial charge on any atom is -0.396 e. The molecule has 66 valence electrons. The zero-order valence-corrected chi connectivity index (χ0v) is 7.42. The van der Waals surface area contributed by atoms with Gasteiger partial charge in [0.05, 0.1) is 0 Å². The van der Waals surface area contributed by atoms with E-state index >= 15 is 0 Å². The molecular weight excluding hydrogens is 138 g/mol. The summed E-state index contributed by atoms with van der Waals surface area (Å²) in [5.74, 6) is 0. The number of rotatable bonds is 4. The van der Waals surface area contributed by atoms with Gasteiger partial charge >= 0.3 is 0 Å². The fourth-order valence-corrected chi connectivity index (χ4v) is 1.84. The molecule has 1 aliphatic rings. The summed E-state index contributed by atoms with van der Waals surface area (Å²) in [7, 11) is 2.20. The first-order valence-corrected chi connectivity index (χ1v) is 4.65. The Bertz CT molecular complexity index is 106. The standard InChI is InChI=1S/C9H19NO/c1-10-7-4-6-9(10)5-2-3-8-11/h9,11H,2-8H2,1H3. The molecule has 0 saturated carbocycles. The highest BCUT2D eigenvalue weighted by atomic mass is 16.2. The molecule has 0 aromatic rings. The average molecular weight is 157 g/mol. The van der Waals surface area contributed by atoms with Crippen molar-refractivity contribution in [2.24, 2.45) is 0 Å². The third-order valence-electron chi connectivity index (χ3n) is 2.62. The van der Waals surface area contributed by atoms with E-state index in [0.717, 1.165) is 12.5 Å². The van der Waals surface area contributed by atoms with Gasteiger partial charge in [-0.15, -0.1) is 0 Å². The Balaban J connectivity index is 2.05. The Morgan fingerprint density at radius 2 is 2.27 bits per heavy atom. The predicted molar refractivity (Wildman–Crippen MR) is 46.6 cm³/mol. The van der Waals surface area contributed by atoms with E-state index in [0.29, 0.717) is 6.61 Å². The molecule has 1 atom stereocenters. The zero-order chi connectivity index (χ0) is 8.10. The molecule has 0 bridgehead atoms. The minimum atomic E-state index is 0.358. The quantitative estimate of drug-likeness (QED) is 0.621. The third kappa shape index (κ3) is 2.80. The van der Waals surface area contributed by atoms with Gasteiger partial charge in [0, 0.05) is 12.6 Å². The molecule has 0 spiro atoms. The number of nitrogens with zero attached hydrogens (tertiary/aromatic N) is 1. The molecule has 0 amide bonds. The van der Waals surface area contributed by atoms with Gasteiger partial charge < -0.3 is 10.0 Å². The van der Waals surface area contributed by atoms with Crippen LogP contribution < -0.4 is 0 Å². The molecule has 1 rings (SSSR count). The van der Waals surface area contributed by atoms with Crippen LogP contribution in [0.1, 0.15) is 32.1 Å². The Morgan fingerprint density at radius 3 is 2.82 bits per heavy atom. The van der Waals surface area contributed by atoms with Gasteiger partial charge in [0.15, 0.2) is 0 Å². The first kappa shape index (κ1) is 9.01. The van der Waals surface area contributed by atoms with Gasteiger partial charge in [0.25, 0.3) is 0 Å². The van der Waals surface area contributed by atoms with Crippen LogP contribution in [0.3, 0.4) is 0 Å². The lowest BCUT2D eigenvalue weighted by atomic mass is 10.1. The van der Waals surface area contributed by atoms with Crippen LogP contribution in [0.15, 0.2) is 0 Å². The van der Waals surface area contributed by atoms with Crippen LogP contribution in [0.25, 0.3) is 0 Å². The number of likely N-dealkylation sites (tertiary alicyclic amines) is 1. The molecule has 0 aromatic heterocycles. The predicted octanol–water partition coefficient (Wildman–Crippen LogP) is 1.24. The molecule has 0 aliphatic carbocycles. The molecule has 11 heavy (non-hydrogen) atoms. The lowest BCUT2D eigenvalue weighted by Gasteiger charge is -2.18. The van der Waals surface area contributed by atoms with Crippen LogP contribution in [-0.4, -0.2) is 36.2 Å². The molecule has 2 nitrogen and oxygen atoms in total. The molecule has 1 fully saturated rings. The Labute approximate surface area is 69.2 Å². The fourth-order valence-electron chi connectivity index (χ4n) is 1.84. The summed E-state index contributed by atoms with van der Waals surface area (Å²) in [6, 6.07) is 0.807. The molecule has 0 aromatic carbocycles. The molecule has 0 radical (unpaired) electrons. The van der Waals surface area contributed by atoms with Crippen molar-refractivity contribution in [3.8, 4) is 0 Å². The monoisotopic (exact) mass is 157 g/mol. The smallest absolute Gasteiger partial charge is 0.0431 e. The van der Waals surface area contributed by atoms with Crippen molar-refractivity contribution in [3.05, 3.63) is 0 Å². The second-order valence-corrected chi connectivity index (χ2v) is 3.50. The third-order valence-corrected chi connectivity index (χ3v) is 2.62. The summed E-state index contributed by atoms with van der Waals surface area (Å²) in [6.45, 7) is 1.63. The van der Waals surface area contributed by atoms with Crippen LogP contribution in [0.5, 0.6) is 0 Å². The summed E-state index contributed by atoms with van der Waals surface area (Å²) in [4.78, 5) is 2.44. The maximum atomic E-state index is 8.59. The number of hydrogen-bond acceptors (Lipinski definition) is 2. The summed E-state index contributed by atoms with van der Waals surface area (Å²) >= 11 is 0. The molecular formula is C9H19NO. The van der Waals surface area contributed by atoms with Crippen molar-refractivity contribution < 1.29 is 5.11 Å². The summed E-state index contributed by atoms with van der Waals surface area (Å²) in [5, 5.41) is 8.59. The van der Waals surface area contributed by atoms with E-state index in [4.69, 9.17) is 5.11 Å². The van der Waals surface area contributed by atoms with Crippen molar-refractivity contribution >= 4 is 0 Å². The fraction of sp³-hybridized carbons (Fsp3) is 1.00. The number of aliphatic hydroxyl groups is 1. The van der Waals surface area contributed by atoms with E-state index in [1.54, 1.807) is 0 Å². The number of aliphatic hydroxyl groups excluding tert-OH is 1.